The lowest BCUT2D eigenvalue weighted by Gasteiger charge is -2.20. The zero-order valence-electron chi connectivity index (χ0n) is 11.5. The number of hydrogen-bond donors (Lipinski definition) is 1. The SMILES string of the molecule is Fc1ccc(C2(c3nc(C4COCCN4)no3)CC2)cc1. The van der Waals surface area contributed by atoms with E-state index >= 15 is 0 Å². The lowest BCUT2D eigenvalue weighted by molar-refractivity contribution is 0.0734. The molecule has 1 unspecified atom stereocenters. The second-order valence-electron chi connectivity index (χ2n) is 5.63. The minimum atomic E-state index is -0.232. The summed E-state index contributed by atoms with van der Waals surface area (Å²) in [6, 6.07) is 6.54. The molecule has 110 valence electrons. The van der Waals surface area contributed by atoms with E-state index in [-0.39, 0.29) is 17.3 Å². The van der Waals surface area contributed by atoms with Crippen LogP contribution < -0.4 is 5.32 Å². The summed E-state index contributed by atoms with van der Waals surface area (Å²) in [6.07, 6.45) is 1.91. The maximum atomic E-state index is 13.1. The fraction of sp³-hybridized carbons (Fsp3) is 0.467. The van der Waals surface area contributed by atoms with Crippen LogP contribution in [0.2, 0.25) is 0 Å². The van der Waals surface area contributed by atoms with Crippen molar-refractivity contribution in [3.05, 3.63) is 47.4 Å². The molecule has 2 aromatic rings. The molecule has 21 heavy (non-hydrogen) atoms. The van der Waals surface area contributed by atoms with Crippen molar-refractivity contribution in [3.63, 3.8) is 0 Å². The first-order valence-corrected chi connectivity index (χ1v) is 7.19. The molecular formula is C15H16FN3O2. The van der Waals surface area contributed by atoms with Crippen LogP contribution in [0.3, 0.4) is 0 Å². The van der Waals surface area contributed by atoms with E-state index in [0.717, 1.165) is 24.9 Å². The molecule has 5 nitrogen and oxygen atoms in total. The standard InChI is InChI=1S/C15H16FN3O2/c16-11-3-1-10(2-4-11)15(5-6-15)14-18-13(19-21-14)12-9-20-8-7-17-12/h1-4,12,17H,5-9H2. The van der Waals surface area contributed by atoms with Crippen LogP contribution in [0.1, 0.15) is 36.2 Å². The summed E-state index contributed by atoms with van der Waals surface area (Å²) < 4.78 is 24.0. The van der Waals surface area contributed by atoms with Crippen molar-refractivity contribution in [2.75, 3.05) is 19.8 Å². The van der Waals surface area contributed by atoms with Crippen LogP contribution in [0, 0.1) is 5.82 Å². The minimum Gasteiger partial charge on any atom is -0.378 e. The van der Waals surface area contributed by atoms with E-state index in [9.17, 15) is 4.39 Å². The second-order valence-corrected chi connectivity index (χ2v) is 5.63. The smallest absolute Gasteiger partial charge is 0.237 e. The Morgan fingerprint density at radius 3 is 2.71 bits per heavy atom. The maximum absolute atomic E-state index is 13.1. The molecule has 1 saturated carbocycles. The van der Waals surface area contributed by atoms with Crippen LogP contribution in [-0.4, -0.2) is 29.9 Å². The van der Waals surface area contributed by atoms with E-state index in [1.54, 1.807) is 12.1 Å². The zero-order chi connectivity index (χ0) is 14.3. The number of nitrogens with one attached hydrogen (secondary N) is 1. The molecule has 1 saturated heterocycles. The third-order valence-electron chi connectivity index (χ3n) is 4.23. The van der Waals surface area contributed by atoms with E-state index in [1.807, 2.05) is 0 Å². The highest BCUT2D eigenvalue weighted by atomic mass is 19.1. The normalized spacial score (nSPS) is 24.0. The van der Waals surface area contributed by atoms with Gasteiger partial charge in [-0.25, -0.2) is 4.39 Å². The summed E-state index contributed by atoms with van der Waals surface area (Å²) in [5.74, 6) is 1.03. The Bertz CT molecular complexity index is 631. The number of hydrogen-bond acceptors (Lipinski definition) is 5. The molecule has 0 bridgehead atoms. The molecule has 4 rings (SSSR count). The molecule has 6 heteroatoms. The summed E-state index contributed by atoms with van der Waals surface area (Å²) in [6.45, 7) is 2.06. The van der Waals surface area contributed by atoms with Gasteiger partial charge in [-0.3, -0.25) is 0 Å². The Kier molecular flexibility index (Phi) is 3.01. The van der Waals surface area contributed by atoms with Gasteiger partial charge < -0.3 is 14.6 Å². The van der Waals surface area contributed by atoms with E-state index in [1.165, 1.54) is 12.1 Å². The lowest BCUT2D eigenvalue weighted by Crippen LogP contribution is -2.35. The number of rotatable bonds is 3. The fourth-order valence-corrected chi connectivity index (χ4v) is 2.82. The molecule has 1 aromatic heterocycles. The highest BCUT2D eigenvalue weighted by Gasteiger charge is 2.51. The molecule has 1 aliphatic heterocycles. The molecular weight excluding hydrogens is 273 g/mol. The molecule has 0 spiro atoms. The van der Waals surface area contributed by atoms with Crippen LogP contribution in [0.25, 0.3) is 0 Å². The van der Waals surface area contributed by atoms with Crippen molar-refractivity contribution in [1.82, 2.24) is 15.5 Å². The summed E-state index contributed by atoms with van der Waals surface area (Å²) in [7, 11) is 0. The van der Waals surface area contributed by atoms with Crippen LogP contribution in [0.4, 0.5) is 4.39 Å². The molecule has 2 fully saturated rings. The molecule has 2 aliphatic rings. The summed E-state index contributed by atoms with van der Waals surface area (Å²) in [5, 5.41) is 7.39. The third-order valence-corrected chi connectivity index (χ3v) is 4.23. The predicted molar refractivity (Wildman–Crippen MR) is 72.3 cm³/mol. The van der Waals surface area contributed by atoms with Crippen molar-refractivity contribution in [1.29, 1.82) is 0 Å². The van der Waals surface area contributed by atoms with Gasteiger partial charge in [-0.05, 0) is 30.5 Å². The van der Waals surface area contributed by atoms with E-state index in [2.05, 4.69) is 15.5 Å². The molecule has 2 heterocycles. The van der Waals surface area contributed by atoms with Crippen molar-refractivity contribution < 1.29 is 13.7 Å². The van der Waals surface area contributed by atoms with E-state index in [4.69, 9.17) is 9.26 Å². The Morgan fingerprint density at radius 1 is 1.24 bits per heavy atom. The lowest BCUT2D eigenvalue weighted by atomic mass is 9.96. The quantitative estimate of drug-likeness (QED) is 0.936. The fourth-order valence-electron chi connectivity index (χ4n) is 2.82. The maximum Gasteiger partial charge on any atom is 0.237 e. The molecule has 1 atom stereocenters. The van der Waals surface area contributed by atoms with Crippen molar-refractivity contribution in [3.8, 4) is 0 Å². The van der Waals surface area contributed by atoms with Crippen LogP contribution in [-0.2, 0) is 10.2 Å². The van der Waals surface area contributed by atoms with Gasteiger partial charge in [0.15, 0.2) is 5.82 Å². The summed E-state index contributed by atoms with van der Waals surface area (Å²) in [4.78, 5) is 4.55. The average molecular weight is 289 g/mol. The van der Waals surface area contributed by atoms with E-state index in [0.29, 0.717) is 24.9 Å². The van der Waals surface area contributed by atoms with Crippen molar-refractivity contribution in [2.24, 2.45) is 0 Å². The first kappa shape index (κ1) is 12.9. The Labute approximate surface area is 121 Å². The molecule has 1 aromatic carbocycles. The van der Waals surface area contributed by atoms with Gasteiger partial charge in [0.1, 0.15) is 5.82 Å². The number of nitrogens with zero attached hydrogens (tertiary/aromatic N) is 2. The topological polar surface area (TPSA) is 60.2 Å². The van der Waals surface area contributed by atoms with Crippen LogP contribution in [0.15, 0.2) is 28.8 Å². The van der Waals surface area contributed by atoms with Crippen LogP contribution >= 0.6 is 0 Å². The Balaban J connectivity index is 1.61. The zero-order valence-corrected chi connectivity index (χ0v) is 11.5. The number of ether oxygens (including phenoxy) is 1. The summed E-state index contributed by atoms with van der Waals surface area (Å²) >= 11 is 0. The predicted octanol–water partition coefficient (Wildman–Crippen LogP) is 1.95. The van der Waals surface area contributed by atoms with Gasteiger partial charge in [-0.1, -0.05) is 17.3 Å². The largest absolute Gasteiger partial charge is 0.378 e. The molecule has 1 N–H and O–H groups in total. The molecule has 0 radical (unpaired) electrons. The first-order chi connectivity index (χ1) is 10.3. The van der Waals surface area contributed by atoms with Gasteiger partial charge in [0.25, 0.3) is 0 Å². The number of benzene rings is 1. The molecule has 1 aliphatic carbocycles. The van der Waals surface area contributed by atoms with Crippen LogP contribution in [0.5, 0.6) is 0 Å². The molecule has 0 amide bonds. The van der Waals surface area contributed by atoms with Crippen molar-refractivity contribution >= 4 is 0 Å². The van der Waals surface area contributed by atoms with Crippen molar-refractivity contribution in [2.45, 2.75) is 24.3 Å². The monoisotopic (exact) mass is 289 g/mol. The number of morpholine rings is 1. The average Bonchev–Trinajstić information content (AvgIpc) is 3.19. The van der Waals surface area contributed by atoms with E-state index < -0.39 is 0 Å². The summed E-state index contributed by atoms with van der Waals surface area (Å²) in [5.41, 5.74) is 0.807. The van der Waals surface area contributed by atoms with Gasteiger partial charge in [0.2, 0.25) is 5.89 Å². The first-order valence-electron chi connectivity index (χ1n) is 7.19. The number of aromatic nitrogens is 2. The van der Waals surface area contributed by atoms with Gasteiger partial charge in [-0.15, -0.1) is 0 Å². The third kappa shape index (κ3) is 2.24. The Hall–Kier alpha value is -1.79. The van der Waals surface area contributed by atoms with Gasteiger partial charge in [0.05, 0.1) is 24.7 Å². The van der Waals surface area contributed by atoms with Gasteiger partial charge in [-0.2, -0.15) is 4.98 Å². The van der Waals surface area contributed by atoms with Gasteiger partial charge in [0, 0.05) is 6.54 Å². The number of halogens is 1. The highest BCUT2D eigenvalue weighted by molar-refractivity contribution is 5.38. The Morgan fingerprint density at radius 2 is 2.05 bits per heavy atom. The minimum absolute atomic E-state index is 0.0136. The second kappa shape index (κ2) is 4.89. The van der Waals surface area contributed by atoms with Gasteiger partial charge >= 0.3 is 0 Å². The highest BCUT2D eigenvalue weighted by Crippen LogP contribution is 2.52.